The number of carbonyl (C=O) groups excluding carboxylic acids is 2. The largest absolute Gasteiger partial charge is 0.364 e. The quantitative estimate of drug-likeness (QED) is 0.516. The lowest BCUT2D eigenvalue weighted by Gasteiger charge is -2.21. The highest BCUT2D eigenvalue weighted by Crippen LogP contribution is 2.25. The van der Waals surface area contributed by atoms with Crippen LogP contribution in [0.5, 0.6) is 0 Å². The van der Waals surface area contributed by atoms with E-state index in [0.29, 0.717) is 10.7 Å². The summed E-state index contributed by atoms with van der Waals surface area (Å²) in [5.41, 5.74) is 0.455. The van der Waals surface area contributed by atoms with Crippen molar-refractivity contribution in [2.45, 2.75) is 26.5 Å². The monoisotopic (exact) mass is 448 g/mol. The maximum Gasteiger partial charge on any atom is 0.286 e. The zero-order valence-electron chi connectivity index (χ0n) is 16.4. The van der Waals surface area contributed by atoms with Crippen LogP contribution in [0.25, 0.3) is 0 Å². The number of hydrogen-bond donors (Lipinski definition) is 2. The molecule has 2 N–H and O–H groups in total. The Labute approximate surface area is 181 Å². The van der Waals surface area contributed by atoms with Gasteiger partial charge in [0.2, 0.25) is 10.9 Å². The third kappa shape index (κ3) is 6.15. The second-order valence-corrected chi connectivity index (χ2v) is 8.80. The molecule has 2 heterocycles. The van der Waals surface area contributed by atoms with E-state index in [0.717, 1.165) is 16.2 Å². The fourth-order valence-electron chi connectivity index (χ4n) is 2.60. The molecule has 0 saturated carbocycles. The number of ether oxygens (including phenoxy) is 1. The van der Waals surface area contributed by atoms with Gasteiger partial charge in [0.15, 0.2) is 0 Å². The van der Waals surface area contributed by atoms with E-state index in [1.807, 2.05) is 31.4 Å². The molecule has 30 heavy (non-hydrogen) atoms. The third-order valence-electron chi connectivity index (χ3n) is 4.05. The van der Waals surface area contributed by atoms with E-state index < -0.39 is 5.91 Å². The minimum Gasteiger partial charge on any atom is -0.364 e. The summed E-state index contributed by atoms with van der Waals surface area (Å²) in [6.45, 7) is 4.04. The second kappa shape index (κ2) is 10.4. The van der Waals surface area contributed by atoms with Gasteiger partial charge in [-0.3, -0.25) is 9.59 Å². The fourth-order valence-corrected chi connectivity index (χ4v) is 4.22. The smallest absolute Gasteiger partial charge is 0.286 e. The van der Waals surface area contributed by atoms with E-state index in [1.165, 1.54) is 24.3 Å². The van der Waals surface area contributed by atoms with Crippen molar-refractivity contribution in [2.75, 3.05) is 11.9 Å². The molecule has 3 aromatic rings. The maximum absolute atomic E-state index is 12.9. The lowest BCUT2D eigenvalue weighted by molar-refractivity contribution is -0.127. The first kappa shape index (κ1) is 22.0. The topological polar surface area (TPSA) is 93.2 Å². The number of carbonyl (C=O) groups is 2. The highest BCUT2D eigenvalue weighted by atomic mass is 32.1. The number of benzene rings is 1. The number of amides is 2. The van der Waals surface area contributed by atoms with Crippen LogP contribution < -0.4 is 10.6 Å². The Bertz CT molecular complexity index is 974. The van der Waals surface area contributed by atoms with Gasteiger partial charge >= 0.3 is 0 Å². The van der Waals surface area contributed by atoms with Crippen molar-refractivity contribution in [3.05, 3.63) is 62.5 Å². The molecule has 0 fully saturated rings. The molecule has 0 radical (unpaired) electrons. The van der Waals surface area contributed by atoms with Crippen LogP contribution in [0.2, 0.25) is 0 Å². The summed E-state index contributed by atoms with van der Waals surface area (Å²) < 4.78 is 18.4. The van der Waals surface area contributed by atoms with Crippen LogP contribution in [0.1, 0.15) is 39.6 Å². The lowest BCUT2D eigenvalue weighted by Crippen LogP contribution is -2.33. The standard InChI is InChI=1S/C20H21FN4O3S2/c1-12(2)18(15-4-3-9-29-15)23-16(26)10-28-11-17-24-25-20(30-17)19(27)22-14-7-5-13(21)6-8-14/h3-9,12,18H,10-11H2,1-2H3,(H,22,27)(H,23,26)/t18-/m1/s1. The van der Waals surface area contributed by atoms with Crippen molar-refractivity contribution in [2.24, 2.45) is 5.92 Å². The molecule has 1 aromatic carbocycles. The molecule has 0 unspecified atom stereocenters. The normalized spacial score (nSPS) is 12.0. The Balaban J connectivity index is 1.46. The summed E-state index contributed by atoms with van der Waals surface area (Å²) in [5, 5.41) is 16.0. The SMILES string of the molecule is CC(C)[C@@H](NC(=O)COCc1nnc(C(=O)Nc2ccc(F)cc2)s1)c1cccs1. The van der Waals surface area contributed by atoms with Crippen LogP contribution in [-0.4, -0.2) is 28.6 Å². The molecule has 0 bridgehead atoms. The van der Waals surface area contributed by atoms with Gasteiger partial charge in [-0.2, -0.15) is 0 Å². The minimum absolute atomic E-state index is 0.0654. The molecule has 0 saturated heterocycles. The number of thiophene rings is 1. The van der Waals surface area contributed by atoms with Crippen LogP contribution in [0, 0.1) is 11.7 Å². The van der Waals surface area contributed by atoms with Gasteiger partial charge in [-0.25, -0.2) is 4.39 Å². The molecule has 7 nitrogen and oxygen atoms in total. The van der Waals surface area contributed by atoms with Crippen molar-refractivity contribution in [3.8, 4) is 0 Å². The predicted octanol–water partition coefficient (Wildman–Crippen LogP) is 4.02. The van der Waals surface area contributed by atoms with Crippen LogP contribution in [-0.2, 0) is 16.1 Å². The van der Waals surface area contributed by atoms with E-state index in [-0.39, 0.29) is 41.9 Å². The number of halogens is 1. The van der Waals surface area contributed by atoms with E-state index in [9.17, 15) is 14.0 Å². The van der Waals surface area contributed by atoms with Crippen molar-refractivity contribution in [1.82, 2.24) is 15.5 Å². The maximum atomic E-state index is 12.9. The number of nitrogens with zero attached hydrogens (tertiary/aromatic N) is 2. The van der Waals surface area contributed by atoms with Gasteiger partial charge in [-0.15, -0.1) is 21.5 Å². The molecule has 2 aromatic heterocycles. The molecule has 1 atom stereocenters. The number of rotatable bonds is 9. The Morgan fingerprint density at radius 3 is 2.60 bits per heavy atom. The van der Waals surface area contributed by atoms with Crippen LogP contribution in [0.3, 0.4) is 0 Å². The predicted molar refractivity (Wildman–Crippen MR) is 114 cm³/mol. The van der Waals surface area contributed by atoms with E-state index in [4.69, 9.17) is 4.74 Å². The van der Waals surface area contributed by atoms with Gasteiger partial charge in [0, 0.05) is 10.6 Å². The third-order valence-corrected chi connectivity index (χ3v) is 5.91. The first-order chi connectivity index (χ1) is 14.4. The zero-order chi connectivity index (χ0) is 21.5. The van der Waals surface area contributed by atoms with Gasteiger partial charge < -0.3 is 15.4 Å². The Morgan fingerprint density at radius 2 is 1.93 bits per heavy atom. The van der Waals surface area contributed by atoms with Crippen LogP contribution >= 0.6 is 22.7 Å². The Kier molecular flexibility index (Phi) is 7.61. The average molecular weight is 449 g/mol. The molecule has 0 aliphatic heterocycles. The molecule has 10 heteroatoms. The Morgan fingerprint density at radius 1 is 1.17 bits per heavy atom. The summed E-state index contributed by atoms with van der Waals surface area (Å²) in [6.07, 6.45) is 0. The summed E-state index contributed by atoms with van der Waals surface area (Å²) in [7, 11) is 0. The van der Waals surface area contributed by atoms with Crippen molar-refractivity contribution < 1.29 is 18.7 Å². The molecule has 2 amide bonds. The van der Waals surface area contributed by atoms with Crippen LogP contribution in [0.4, 0.5) is 10.1 Å². The lowest BCUT2D eigenvalue weighted by atomic mass is 10.0. The van der Waals surface area contributed by atoms with Crippen molar-refractivity contribution in [1.29, 1.82) is 0 Å². The van der Waals surface area contributed by atoms with Crippen LogP contribution in [0.15, 0.2) is 41.8 Å². The fraction of sp³-hybridized carbons (Fsp3) is 0.300. The zero-order valence-corrected chi connectivity index (χ0v) is 18.1. The summed E-state index contributed by atoms with van der Waals surface area (Å²) in [5.74, 6) is -0.805. The molecular weight excluding hydrogens is 427 g/mol. The highest BCUT2D eigenvalue weighted by Gasteiger charge is 2.19. The average Bonchev–Trinajstić information content (AvgIpc) is 3.40. The van der Waals surface area contributed by atoms with Gasteiger partial charge in [-0.05, 0) is 41.6 Å². The second-order valence-electron chi connectivity index (χ2n) is 6.76. The van der Waals surface area contributed by atoms with E-state index in [2.05, 4.69) is 20.8 Å². The van der Waals surface area contributed by atoms with Crippen molar-refractivity contribution >= 4 is 40.2 Å². The Hall–Kier alpha value is -2.69. The summed E-state index contributed by atoms with van der Waals surface area (Å²) in [6, 6.07) is 9.30. The molecule has 0 spiro atoms. The van der Waals surface area contributed by atoms with Crippen molar-refractivity contribution in [3.63, 3.8) is 0 Å². The van der Waals surface area contributed by atoms with Gasteiger partial charge in [0.1, 0.15) is 24.0 Å². The molecule has 158 valence electrons. The number of anilines is 1. The summed E-state index contributed by atoms with van der Waals surface area (Å²) in [4.78, 5) is 25.5. The van der Waals surface area contributed by atoms with E-state index >= 15 is 0 Å². The molecule has 0 aliphatic rings. The first-order valence-corrected chi connectivity index (χ1v) is 10.9. The van der Waals surface area contributed by atoms with Gasteiger partial charge in [0.05, 0.1) is 6.04 Å². The first-order valence-electron chi connectivity index (χ1n) is 9.22. The van der Waals surface area contributed by atoms with E-state index in [1.54, 1.807) is 11.3 Å². The number of nitrogens with one attached hydrogen (secondary N) is 2. The highest BCUT2D eigenvalue weighted by molar-refractivity contribution is 7.13. The van der Waals surface area contributed by atoms with Gasteiger partial charge in [-0.1, -0.05) is 31.3 Å². The summed E-state index contributed by atoms with van der Waals surface area (Å²) >= 11 is 2.67. The number of hydrogen-bond acceptors (Lipinski definition) is 7. The number of aromatic nitrogens is 2. The molecule has 3 rings (SSSR count). The minimum atomic E-state index is -0.446. The molecule has 0 aliphatic carbocycles. The molecular formula is C20H21FN4O3S2. The van der Waals surface area contributed by atoms with Gasteiger partial charge in [0.25, 0.3) is 5.91 Å².